The highest BCUT2D eigenvalue weighted by atomic mass is 16.6. The third kappa shape index (κ3) is 3.72. The smallest absolute Gasteiger partial charge is 0.325 e. The number of urea groups is 1. The van der Waals surface area contributed by atoms with Gasteiger partial charge < -0.3 is 19.7 Å². The number of piperazine rings is 1. The number of para-hydroxylation sites is 2. The summed E-state index contributed by atoms with van der Waals surface area (Å²) in [5, 5.41) is 3.54. The van der Waals surface area contributed by atoms with E-state index in [2.05, 4.69) is 23.2 Å². The van der Waals surface area contributed by atoms with Crippen LogP contribution in [0.25, 0.3) is 0 Å². The minimum Gasteiger partial charge on any atom is -0.486 e. The minimum atomic E-state index is -0.0334. The lowest BCUT2D eigenvalue weighted by molar-refractivity contribution is 0.102. The van der Waals surface area contributed by atoms with E-state index in [1.165, 1.54) is 0 Å². The molecule has 0 saturated carbocycles. The number of benzene rings is 2. The molecule has 3 heterocycles. The number of anilines is 1. The minimum absolute atomic E-state index is 0.0334. The van der Waals surface area contributed by atoms with Gasteiger partial charge in [0.1, 0.15) is 19.4 Å². The molecule has 2 atom stereocenters. The Morgan fingerprint density at radius 3 is 2.74 bits per heavy atom. The highest BCUT2D eigenvalue weighted by Crippen LogP contribution is 2.41. The summed E-state index contributed by atoms with van der Waals surface area (Å²) in [6.45, 7) is 7.29. The number of carbonyl (C=O) groups is 1. The number of hydrogen-bond acceptors (Lipinski definition) is 5. The van der Waals surface area contributed by atoms with Gasteiger partial charge >= 0.3 is 6.03 Å². The first-order chi connectivity index (χ1) is 15.3. The zero-order valence-corrected chi connectivity index (χ0v) is 18.0. The molecular weight excluding hydrogens is 392 g/mol. The Bertz CT molecular complexity index is 922. The summed E-state index contributed by atoms with van der Waals surface area (Å²) >= 11 is 0. The Hall–Kier alpha value is -2.77. The lowest BCUT2D eigenvalue weighted by Gasteiger charge is -2.43. The maximum atomic E-state index is 13.4. The number of ether oxygens (including phenoxy) is 2. The summed E-state index contributed by atoms with van der Waals surface area (Å²) in [4.78, 5) is 19.8. The molecule has 2 aromatic carbocycles. The van der Waals surface area contributed by atoms with E-state index >= 15 is 0 Å². The Morgan fingerprint density at radius 1 is 1.06 bits per heavy atom. The third-order valence-electron chi connectivity index (χ3n) is 6.31. The fourth-order valence-corrected chi connectivity index (χ4v) is 4.94. The first-order valence-corrected chi connectivity index (χ1v) is 11.3. The first-order valence-electron chi connectivity index (χ1n) is 11.3. The van der Waals surface area contributed by atoms with E-state index in [9.17, 15) is 4.79 Å². The molecule has 2 aromatic rings. The topological polar surface area (TPSA) is 57.3 Å². The van der Waals surface area contributed by atoms with E-state index in [0.29, 0.717) is 19.8 Å². The lowest BCUT2D eigenvalue weighted by Crippen LogP contribution is -2.56. The van der Waals surface area contributed by atoms with Crippen molar-refractivity contribution in [2.45, 2.75) is 25.6 Å². The van der Waals surface area contributed by atoms with Crippen LogP contribution >= 0.6 is 0 Å². The summed E-state index contributed by atoms with van der Waals surface area (Å²) in [6.07, 6.45) is 0.914. The van der Waals surface area contributed by atoms with Crippen LogP contribution in [0.3, 0.4) is 0 Å². The average Bonchev–Trinajstić information content (AvgIpc) is 3.15. The molecule has 2 saturated heterocycles. The molecule has 0 aromatic heterocycles. The molecule has 0 spiro atoms. The van der Waals surface area contributed by atoms with Gasteiger partial charge in [-0.3, -0.25) is 9.80 Å². The van der Waals surface area contributed by atoms with Gasteiger partial charge in [-0.25, -0.2) is 4.79 Å². The van der Waals surface area contributed by atoms with E-state index in [1.807, 2.05) is 52.3 Å². The Kier molecular flexibility index (Phi) is 5.70. The normalized spacial score (nSPS) is 24.0. The second kappa shape index (κ2) is 8.77. The zero-order valence-electron chi connectivity index (χ0n) is 18.0. The van der Waals surface area contributed by atoms with Crippen molar-refractivity contribution in [3.05, 3.63) is 54.1 Å². The van der Waals surface area contributed by atoms with Crippen LogP contribution in [0, 0.1) is 0 Å². The van der Waals surface area contributed by atoms with E-state index in [4.69, 9.17) is 9.47 Å². The highest BCUT2D eigenvalue weighted by molar-refractivity contribution is 5.94. The van der Waals surface area contributed by atoms with Crippen LogP contribution in [0.2, 0.25) is 0 Å². The van der Waals surface area contributed by atoms with Crippen molar-refractivity contribution in [1.29, 1.82) is 0 Å². The Labute approximate surface area is 183 Å². The standard InChI is InChI=1S/C24H30N4O3/c1-2-12-26-17-22(28(24(26)29)18-7-4-3-5-8-18)27-13-11-25-16-20(27)19-9-6-10-21-23(19)31-15-14-30-21/h3-10,20,22,25H,2,11-17H2,1H3. The number of amides is 2. The molecule has 5 rings (SSSR count). The molecule has 7 nitrogen and oxygen atoms in total. The average molecular weight is 423 g/mol. The molecule has 7 heteroatoms. The van der Waals surface area contributed by atoms with Gasteiger partial charge in [0.15, 0.2) is 11.5 Å². The number of nitrogens with zero attached hydrogens (tertiary/aromatic N) is 3. The SMILES string of the molecule is CCCN1CC(N2CCNCC2c2cccc3c2OCCO3)N(c2ccccc2)C1=O. The van der Waals surface area contributed by atoms with Gasteiger partial charge in [0, 0.05) is 37.4 Å². The molecular formula is C24H30N4O3. The maximum absolute atomic E-state index is 13.4. The van der Waals surface area contributed by atoms with E-state index in [0.717, 1.165) is 55.3 Å². The molecule has 1 N–H and O–H groups in total. The fraction of sp³-hybridized carbons (Fsp3) is 0.458. The maximum Gasteiger partial charge on any atom is 0.325 e. The summed E-state index contributed by atoms with van der Waals surface area (Å²) in [5.41, 5.74) is 2.07. The van der Waals surface area contributed by atoms with Crippen LogP contribution in [0.15, 0.2) is 48.5 Å². The Balaban J connectivity index is 1.52. The third-order valence-corrected chi connectivity index (χ3v) is 6.31. The second-order valence-corrected chi connectivity index (χ2v) is 8.24. The first kappa shape index (κ1) is 20.2. The van der Waals surface area contributed by atoms with Crippen molar-refractivity contribution in [2.75, 3.05) is 50.8 Å². The zero-order chi connectivity index (χ0) is 21.2. The summed E-state index contributed by atoms with van der Waals surface area (Å²) in [7, 11) is 0. The van der Waals surface area contributed by atoms with Crippen LogP contribution in [0.1, 0.15) is 24.9 Å². The quantitative estimate of drug-likeness (QED) is 0.803. The van der Waals surface area contributed by atoms with Crippen molar-refractivity contribution in [3.8, 4) is 11.5 Å². The predicted molar refractivity (Wildman–Crippen MR) is 120 cm³/mol. The van der Waals surface area contributed by atoms with Crippen LogP contribution < -0.4 is 19.7 Å². The second-order valence-electron chi connectivity index (χ2n) is 8.24. The van der Waals surface area contributed by atoms with Gasteiger partial charge in [-0.15, -0.1) is 0 Å². The monoisotopic (exact) mass is 422 g/mol. The van der Waals surface area contributed by atoms with Crippen LogP contribution in [0.4, 0.5) is 10.5 Å². The number of fused-ring (bicyclic) bond motifs is 1. The van der Waals surface area contributed by atoms with Gasteiger partial charge in [0.25, 0.3) is 0 Å². The molecule has 0 radical (unpaired) electrons. The Morgan fingerprint density at radius 2 is 1.90 bits per heavy atom. The fourth-order valence-electron chi connectivity index (χ4n) is 4.94. The van der Waals surface area contributed by atoms with Gasteiger partial charge in [-0.1, -0.05) is 37.3 Å². The molecule has 164 valence electrons. The van der Waals surface area contributed by atoms with Crippen molar-refractivity contribution in [1.82, 2.24) is 15.1 Å². The van der Waals surface area contributed by atoms with Gasteiger partial charge in [-0.2, -0.15) is 0 Å². The summed E-state index contributed by atoms with van der Waals surface area (Å²) in [5.74, 6) is 1.65. The molecule has 2 amide bonds. The van der Waals surface area contributed by atoms with Crippen molar-refractivity contribution >= 4 is 11.7 Å². The van der Waals surface area contributed by atoms with E-state index in [-0.39, 0.29) is 18.2 Å². The van der Waals surface area contributed by atoms with E-state index in [1.54, 1.807) is 0 Å². The number of carbonyl (C=O) groups excluding carboxylic acids is 1. The number of hydrogen-bond donors (Lipinski definition) is 1. The molecule has 3 aliphatic heterocycles. The van der Waals surface area contributed by atoms with Gasteiger partial charge in [0.2, 0.25) is 0 Å². The molecule has 2 fully saturated rings. The van der Waals surface area contributed by atoms with Crippen LogP contribution in [-0.4, -0.2) is 67.9 Å². The molecule has 31 heavy (non-hydrogen) atoms. The summed E-state index contributed by atoms with van der Waals surface area (Å²) in [6, 6.07) is 16.4. The van der Waals surface area contributed by atoms with Gasteiger partial charge in [-0.05, 0) is 24.6 Å². The molecule has 2 unspecified atom stereocenters. The van der Waals surface area contributed by atoms with Crippen molar-refractivity contribution < 1.29 is 14.3 Å². The lowest BCUT2D eigenvalue weighted by atomic mass is 10.00. The molecule has 0 aliphatic carbocycles. The predicted octanol–water partition coefficient (Wildman–Crippen LogP) is 3.08. The van der Waals surface area contributed by atoms with Crippen LogP contribution in [0.5, 0.6) is 11.5 Å². The van der Waals surface area contributed by atoms with Gasteiger partial charge in [0.05, 0.1) is 12.6 Å². The van der Waals surface area contributed by atoms with E-state index < -0.39 is 0 Å². The van der Waals surface area contributed by atoms with Crippen LogP contribution in [-0.2, 0) is 0 Å². The van der Waals surface area contributed by atoms with Crippen molar-refractivity contribution in [2.24, 2.45) is 0 Å². The largest absolute Gasteiger partial charge is 0.486 e. The highest BCUT2D eigenvalue weighted by Gasteiger charge is 2.44. The van der Waals surface area contributed by atoms with Crippen molar-refractivity contribution in [3.63, 3.8) is 0 Å². The molecule has 3 aliphatic rings. The summed E-state index contributed by atoms with van der Waals surface area (Å²) < 4.78 is 11.9. The number of rotatable bonds is 5. The number of nitrogens with one attached hydrogen (secondary N) is 1. The molecule has 0 bridgehead atoms.